The summed E-state index contributed by atoms with van der Waals surface area (Å²) < 4.78 is 0. The zero-order chi connectivity index (χ0) is 13.9. The highest BCUT2D eigenvalue weighted by atomic mass is 35.5. The van der Waals surface area contributed by atoms with Gasteiger partial charge in [0, 0.05) is 17.6 Å². The maximum Gasteiger partial charge on any atom is 0.292 e. The van der Waals surface area contributed by atoms with Gasteiger partial charge in [0.2, 0.25) is 0 Å². The van der Waals surface area contributed by atoms with E-state index in [0.29, 0.717) is 10.7 Å². The summed E-state index contributed by atoms with van der Waals surface area (Å²) in [6, 6.07) is 4.59. The quantitative estimate of drug-likeness (QED) is 0.658. The monoisotopic (exact) mass is 283 g/mol. The number of nitro benzene ring substituents is 1. The lowest BCUT2D eigenvalue weighted by atomic mass is 9.81. The van der Waals surface area contributed by atoms with Crippen molar-refractivity contribution in [1.82, 2.24) is 5.32 Å². The Kier molecular flexibility index (Phi) is 4.27. The highest BCUT2D eigenvalue weighted by Crippen LogP contribution is 2.32. The van der Waals surface area contributed by atoms with Crippen molar-refractivity contribution >= 4 is 23.0 Å². The summed E-state index contributed by atoms with van der Waals surface area (Å²) in [5, 5.41) is 18.0. The van der Waals surface area contributed by atoms with E-state index < -0.39 is 0 Å². The lowest BCUT2D eigenvalue weighted by Gasteiger charge is -2.34. The number of nitro groups is 1. The van der Waals surface area contributed by atoms with E-state index in [9.17, 15) is 10.1 Å². The van der Waals surface area contributed by atoms with Crippen molar-refractivity contribution in [1.29, 1.82) is 0 Å². The Morgan fingerprint density at radius 1 is 1.47 bits per heavy atom. The SMILES string of the molecule is CC1(CNc2cc(Cl)ccc2[N+](=O)[O-])CCNCC1. The Morgan fingerprint density at radius 2 is 2.16 bits per heavy atom. The van der Waals surface area contributed by atoms with E-state index in [1.165, 1.54) is 12.1 Å². The average Bonchev–Trinajstić information content (AvgIpc) is 2.37. The number of anilines is 1. The molecule has 1 aromatic rings. The number of nitrogens with zero attached hydrogens (tertiary/aromatic N) is 1. The highest BCUT2D eigenvalue weighted by molar-refractivity contribution is 6.31. The van der Waals surface area contributed by atoms with Crippen LogP contribution in [0.5, 0.6) is 0 Å². The first-order valence-corrected chi connectivity index (χ1v) is 6.77. The van der Waals surface area contributed by atoms with Gasteiger partial charge in [-0.25, -0.2) is 0 Å². The lowest BCUT2D eigenvalue weighted by Crippen LogP contribution is -2.39. The first kappa shape index (κ1) is 14.1. The van der Waals surface area contributed by atoms with E-state index in [4.69, 9.17) is 11.6 Å². The number of hydrogen-bond donors (Lipinski definition) is 2. The normalized spacial score (nSPS) is 18.0. The van der Waals surface area contributed by atoms with E-state index in [-0.39, 0.29) is 16.0 Å². The summed E-state index contributed by atoms with van der Waals surface area (Å²) in [6.07, 6.45) is 2.13. The Hall–Kier alpha value is -1.33. The summed E-state index contributed by atoms with van der Waals surface area (Å²) >= 11 is 5.91. The molecule has 2 N–H and O–H groups in total. The average molecular weight is 284 g/mol. The molecular formula is C13H18ClN3O2. The molecule has 1 fully saturated rings. The van der Waals surface area contributed by atoms with E-state index in [2.05, 4.69) is 17.6 Å². The smallest absolute Gasteiger partial charge is 0.292 e. The minimum Gasteiger partial charge on any atom is -0.379 e. The Labute approximate surface area is 117 Å². The van der Waals surface area contributed by atoms with Gasteiger partial charge in [-0.3, -0.25) is 10.1 Å². The van der Waals surface area contributed by atoms with Crippen LogP contribution in [0.4, 0.5) is 11.4 Å². The first-order chi connectivity index (χ1) is 9.00. The van der Waals surface area contributed by atoms with Crippen molar-refractivity contribution in [2.75, 3.05) is 25.0 Å². The molecule has 5 nitrogen and oxygen atoms in total. The summed E-state index contributed by atoms with van der Waals surface area (Å²) in [4.78, 5) is 10.6. The largest absolute Gasteiger partial charge is 0.379 e. The number of nitrogens with one attached hydrogen (secondary N) is 2. The zero-order valence-electron chi connectivity index (χ0n) is 10.9. The van der Waals surface area contributed by atoms with Crippen LogP contribution in [0.2, 0.25) is 5.02 Å². The summed E-state index contributed by atoms with van der Waals surface area (Å²) in [7, 11) is 0. The summed E-state index contributed by atoms with van der Waals surface area (Å²) in [6.45, 7) is 4.92. The van der Waals surface area contributed by atoms with Crippen molar-refractivity contribution in [2.24, 2.45) is 5.41 Å². The zero-order valence-corrected chi connectivity index (χ0v) is 11.7. The van der Waals surface area contributed by atoms with E-state index in [1.807, 2.05) is 0 Å². The molecule has 0 spiro atoms. The van der Waals surface area contributed by atoms with E-state index in [0.717, 1.165) is 32.5 Å². The van der Waals surface area contributed by atoms with Gasteiger partial charge in [-0.15, -0.1) is 0 Å². The van der Waals surface area contributed by atoms with Crippen LogP contribution in [0, 0.1) is 15.5 Å². The molecular weight excluding hydrogens is 266 g/mol. The predicted molar refractivity (Wildman–Crippen MR) is 76.8 cm³/mol. The fourth-order valence-corrected chi connectivity index (χ4v) is 2.50. The lowest BCUT2D eigenvalue weighted by molar-refractivity contribution is -0.384. The van der Waals surface area contributed by atoms with Crippen LogP contribution >= 0.6 is 11.6 Å². The molecule has 0 saturated carbocycles. The van der Waals surface area contributed by atoms with Gasteiger partial charge in [0.05, 0.1) is 4.92 Å². The third-order valence-corrected chi connectivity index (χ3v) is 3.91. The number of benzene rings is 1. The highest BCUT2D eigenvalue weighted by Gasteiger charge is 2.27. The minimum absolute atomic E-state index is 0.0712. The van der Waals surface area contributed by atoms with Crippen molar-refractivity contribution in [3.8, 4) is 0 Å². The van der Waals surface area contributed by atoms with Crippen LogP contribution in [0.1, 0.15) is 19.8 Å². The summed E-state index contributed by atoms with van der Waals surface area (Å²) in [5.74, 6) is 0. The number of piperidine rings is 1. The predicted octanol–water partition coefficient (Wildman–Crippen LogP) is 3.05. The third kappa shape index (κ3) is 3.58. The Morgan fingerprint density at radius 3 is 2.79 bits per heavy atom. The molecule has 104 valence electrons. The molecule has 0 amide bonds. The molecule has 6 heteroatoms. The van der Waals surface area contributed by atoms with Crippen LogP contribution in [-0.4, -0.2) is 24.6 Å². The Balaban J connectivity index is 2.10. The molecule has 1 saturated heterocycles. The van der Waals surface area contributed by atoms with Gasteiger partial charge in [-0.05, 0) is 43.5 Å². The standard InChI is InChI=1S/C13H18ClN3O2/c1-13(4-6-15-7-5-13)9-16-11-8-10(14)2-3-12(11)17(18)19/h2-3,8,15-16H,4-7,9H2,1H3. The van der Waals surface area contributed by atoms with E-state index in [1.54, 1.807) is 6.07 Å². The fraction of sp³-hybridized carbons (Fsp3) is 0.538. The van der Waals surface area contributed by atoms with Gasteiger partial charge in [-0.1, -0.05) is 18.5 Å². The van der Waals surface area contributed by atoms with Gasteiger partial charge in [-0.2, -0.15) is 0 Å². The maximum absolute atomic E-state index is 11.0. The number of hydrogen-bond acceptors (Lipinski definition) is 4. The molecule has 1 aliphatic rings. The number of halogens is 1. The van der Waals surface area contributed by atoms with E-state index >= 15 is 0 Å². The number of rotatable bonds is 4. The van der Waals surface area contributed by atoms with Crippen LogP contribution in [0.15, 0.2) is 18.2 Å². The molecule has 0 atom stereocenters. The molecule has 0 radical (unpaired) electrons. The van der Waals surface area contributed by atoms with Gasteiger partial charge >= 0.3 is 0 Å². The van der Waals surface area contributed by atoms with Gasteiger partial charge in [0.25, 0.3) is 5.69 Å². The molecule has 1 aliphatic heterocycles. The third-order valence-electron chi connectivity index (χ3n) is 3.67. The minimum atomic E-state index is -0.385. The van der Waals surface area contributed by atoms with Crippen molar-refractivity contribution < 1.29 is 4.92 Å². The molecule has 0 bridgehead atoms. The second-order valence-electron chi connectivity index (χ2n) is 5.33. The molecule has 1 aromatic carbocycles. The van der Waals surface area contributed by atoms with Gasteiger partial charge in [0.1, 0.15) is 5.69 Å². The summed E-state index contributed by atoms with van der Waals surface area (Å²) in [5.41, 5.74) is 0.737. The topological polar surface area (TPSA) is 67.2 Å². The van der Waals surface area contributed by atoms with Crippen LogP contribution in [-0.2, 0) is 0 Å². The van der Waals surface area contributed by atoms with Crippen LogP contribution < -0.4 is 10.6 Å². The van der Waals surface area contributed by atoms with Crippen molar-refractivity contribution in [3.05, 3.63) is 33.3 Å². The maximum atomic E-state index is 11.0. The Bertz CT molecular complexity index is 473. The molecule has 1 heterocycles. The van der Waals surface area contributed by atoms with Gasteiger partial charge in [0.15, 0.2) is 0 Å². The van der Waals surface area contributed by atoms with Crippen molar-refractivity contribution in [3.63, 3.8) is 0 Å². The van der Waals surface area contributed by atoms with Crippen LogP contribution in [0.3, 0.4) is 0 Å². The van der Waals surface area contributed by atoms with Gasteiger partial charge < -0.3 is 10.6 Å². The molecule has 0 aromatic heterocycles. The molecule has 0 unspecified atom stereocenters. The molecule has 0 aliphatic carbocycles. The second kappa shape index (κ2) is 5.75. The molecule has 2 rings (SSSR count). The van der Waals surface area contributed by atoms with Crippen molar-refractivity contribution in [2.45, 2.75) is 19.8 Å². The second-order valence-corrected chi connectivity index (χ2v) is 5.77. The van der Waals surface area contributed by atoms with Crippen LogP contribution in [0.25, 0.3) is 0 Å². The fourth-order valence-electron chi connectivity index (χ4n) is 2.32. The first-order valence-electron chi connectivity index (χ1n) is 6.39. The molecule has 19 heavy (non-hydrogen) atoms.